The number of fused-ring (bicyclic) bond motifs is 1. The van der Waals surface area contributed by atoms with E-state index in [4.69, 9.17) is 5.26 Å². The molecular formula is C24H27ClN4O. The smallest absolute Gasteiger partial charge is 0.161 e. The third-order valence-corrected chi connectivity index (χ3v) is 5.78. The maximum atomic E-state index is 11.9. The second-order valence-corrected chi connectivity index (χ2v) is 7.65. The first-order valence-electron chi connectivity index (χ1n) is 10.2. The number of nitrogens with zero attached hydrogens (tertiary/aromatic N) is 4. The number of benzene rings is 2. The fourth-order valence-electron chi connectivity index (χ4n) is 4.15. The lowest BCUT2D eigenvalue weighted by molar-refractivity contribution is 0.101. The van der Waals surface area contributed by atoms with Crippen LogP contribution in [-0.4, -0.2) is 48.0 Å². The molecule has 1 aliphatic heterocycles. The van der Waals surface area contributed by atoms with Gasteiger partial charge in [0.25, 0.3) is 0 Å². The molecule has 1 saturated heterocycles. The Balaban J connectivity index is 0.00000256. The number of rotatable bonds is 6. The van der Waals surface area contributed by atoms with Crippen molar-refractivity contribution in [1.82, 2.24) is 9.47 Å². The predicted molar refractivity (Wildman–Crippen MR) is 124 cm³/mol. The normalized spacial score (nSPS) is 14.3. The molecule has 2 aromatic carbocycles. The minimum Gasteiger partial charge on any atom is -0.369 e. The highest BCUT2D eigenvalue weighted by Gasteiger charge is 2.17. The summed E-state index contributed by atoms with van der Waals surface area (Å²) in [5.41, 5.74) is 3.86. The number of aromatic nitrogens is 1. The molecule has 0 N–H and O–H groups in total. The molecular weight excluding hydrogens is 396 g/mol. The number of Topliss-reactive ketones (excluding diaryl/α,β-unsaturated/α-hetero) is 1. The van der Waals surface area contributed by atoms with Crippen LogP contribution >= 0.6 is 12.4 Å². The Morgan fingerprint density at radius 3 is 2.37 bits per heavy atom. The number of carbonyl (C=O) groups excluding carboxylic acids is 1. The largest absolute Gasteiger partial charge is 0.369 e. The van der Waals surface area contributed by atoms with Crippen molar-refractivity contribution in [1.29, 1.82) is 5.26 Å². The van der Waals surface area contributed by atoms with E-state index >= 15 is 0 Å². The molecule has 0 bridgehead atoms. The molecule has 0 unspecified atom stereocenters. The van der Waals surface area contributed by atoms with E-state index in [1.54, 1.807) is 6.92 Å². The van der Waals surface area contributed by atoms with Crippen LogP contribution in [0.1, 0.15) is 29.3 Å². The van der Waals surface area contributed by atoms with E-state index in [0.717, 1.165) is 62.2 Å². The Kier molecular flexibility index (Phi) is 7.15. The lowest BCUT2D eigenvalue weighted by Gasteiger charge is -2.36. The highest BCUT2D eigenvalue weighted by atomic mass is 35.5. The molecule has 1 aliphatic rings. The molecule has 0 spiro atoms. The van der Waals surface area contributed by atoms with Crippen LogP contribution in [0.3, 0.4) is 0 Å². The zero-order chi connectivity index (χ0) is 20.2. The van der Waals surface area contributed by atoms with Crippen molar-refractivity contribution in [2.45, 2.75) is 19.9 Å². The number of aryl methyl sites for hydroxylation is 1. The van der Waals surface area contributed by atoms with Crippen LogP contribution in [0.25, 0.3) is 10.9 Å². The quantitative estimate of drug-likeness (QED) is 0.554. The fraction of sp³-hybridized carbons (Fsp3) is 0.333. The van der Waals surface area contributed by atoms with E-state index in [1.165, 1.54) is 5.69 Å². The standard InChI is InChI=1S/C24H26N4O.ClH/c1-19(29)23-18-28(24-6-3-2-5-22(23)24)12-4-11-26-13-15-27(16-14-26)21-9-7-20(17-25)8-10-21;/h2-3,5-10,18H,4,11-16H2,1H3;1H. The summed E-state index contributed by atoms with van der Waals surface area (Å²) in [6, 6.07) is 18.2. The van der Waals surface area contributed by atoms with Crippen molar-refractivity contribution in [3.8, 4) is 6.07 Å². The van der Waals surface area contributed by atoms with E-state index in [9.17, 15) is 4.79 Å². The minimum absolute atomic E-state index is 0. The summed E-state index contributed by atoms with van der Waals surface area (Å²) < 4.78 is 2.22. The van der Waals surface area contributed by atoms with Gasteiger partial charge in [0, 0.05) is 61.1 Å². The number of piperazine rings is 1. The van der Waals surface area contributed by atoms with Gasteiger partial charge in [-0.25, -0.2) is 0 Å². The number of hydrogen-bond donors (Lipinski definition) is 0. The minimum atomic E-state index is 0. The number of halogens is 1. The average Bonchev–Trinajstić information content (AvgIpc) is 3.13. The average molecular weight is 423 g/mol. The fourth-order valence-corrected chi connectivity index (χ4v) is 4.15. The Labute approximate surface area is 183 Å². The van der Waals surface area contributed by atoms with Crippen LogP contribution in [0.2, 0.25) is 0 Å². The van der Waals surface area contributed by atoms with Gasteiger partial charge in [-0.2, -0.15) is 5.26 Å². The summed E-state index contributed by atoms with van der Waals surface area (Å²) in [5, 5.41) is 9.99. The molecule has 0 amide bonds. The van der Waals surface area contributed by atoms with Crippen molar-refractivity contribution in [2.75, 3.05) is 37.6 Å². The Hall–Kier alpha value is -2.81. The highest BCUT2D eigenvalue weighted by molar-refractivity contribution is 6.06. The number of hydrogen-bond acceptors (Lipinski definition) is 4. The van der Waals surface area contributed by atoms with E-state index in [2.05, 4.69) is 26.5 Å². The van der Waals surface area contributed by atoms with Crippen molar-refractivity contribution in [2.24, 2.45) is 0 Å². The van der Waals surface area contributed by atoms with Gasteiger partial charge in [-0.15, -0.1) is 12.4 Å². The Bertz CT molecular complexity index is 1040. The maximum Gasteiger partial charge on any atom is 0.161 e. The van der Waals surface area contributed by atoms with Gasteiger partial charge in [0.05, 0.1) is 11.6 Å². The van der Waals surface area contributed by atoms with Gasteiger partial charge in [-0.05, 0) is 50.2 Å². The van der Waals surface area contributed by atoms with Crippen LogP contribution in [0.4, 0.5) is 5.69 Å². The van der Waals surface area contributed by atoms with Crippen LogP contribution in [0.15, 0.2) is 54.7 Å². The highest BCUT2D eigenvalue weighted by Crippen LogP contribution is 2.22. The van der Waals surface area contributed by atoms with Gasteiger partial charge < -0.3 is 9.47 Å². The summed E-state index contributed by atoms with van der Waals surface area (Å²) in [5.74, 6) is 0.124. The second-order valence-electron chi connectivity index (χ2n) is 7.65. The molecule has 30 heavy (non-hydrogen) atoms. The number of carbonyl (C=O) groups is 1. The molecule has 0 atom stereocenters. The van der Waals surface area contributed by atoms with Crippen LogP contribution in [0, 0.1) is 11.3 Å². The third-order valence-electron chi connectivity index (χ3n) is 5.78. The Morgan fingerprint density at radius 2 is 1.70 bits per heavy atom. The summed E-state index contributed by atoms with van der Waals surface area (Å²) in [7, 11) is 0. The first-order valence-corrected chi connectivity index (χ1v) is 10.2. The first kappa shape index (κ1) is 21.9. The van der Waals surface area contributed by atoms with E-state index in [-0.39, 0.29) is 18.2 Å². The SMILES string of the molecule is CC(=O)c1cn(CCCN2CCN(c3ccc(C#N)cc3)CC2)c2ccccc12.Cl. The van der Waals surface area contributed by atoms with Crippen LogP contribution in [0.5, 0.6) is 0 Å². The summed E-state index contributed by atoms with van der Waals surface area (Å²) >= 11 is 0. The maximum absolute atomic E-state index is 11.9. The van der Waals surface area contributed by atoms with Crippen molar-refractivity contribution in [3.05, 3.63) is 65.9 Å². The zero-order valence-corrected chi connectivity index (χ0v) is 18.1. The van der Waals surface area contributed by atoms with Gasteiger partial charge in [0.15, 0.2) is 5.78 Å². The van der Waals surface area contributed by atoms with Gasteiger partial charge in [0.1, 0.15) is 0 Å². The summed E-state index contributed by atoms with van der Waals surface area (Å²) in [4.78, 5) is 16.8. The molecule has 2 heterocycles. The molecule has 0 aliphatic carbocycles. The number of anilines is 1. The molecule has 0 radical (unpaired) electrons. The van der Waals surface area contributed by atoms with E-state index in [1.807, 2.05) is 48.7 Å². The number of nitriles is 1. The zero-order valence-electron chi connectivity index (χ0n) is 17.3. The van der Waals surface area contributed by atoms with E-state index < -0.39 is 0 Å². The lowest BCUT2D eigenvalue weighted by Crippen LogP contribution is -2.46. The van der Waals surface area contributed by atoms with Gasteiger partial charge >= 0.3 is 0 Å². The second kappa shape index (κ2) is 9.80. The van der Waals surface area contributed by atoms with Gasteiger partial charge in [0.2, 0.25) is 0 Å². The number of ketones is 1. The monoisotopic (exact) mass is 422 g/mol. The molecule has 1 fully saturated rings. The van der Waals surface area contributed by atoms with Crippen LogP contribution in [-0.2, 0) is 6.54 Å². The Morgan fingerprint density at radius 1 is 1.00 bits per heavy atom. The molecule has 6 heteroatoms. The van der Waals surface area contributed by atoms with Gasteiger partial charge in [-0.1, -0.05) is 18.2 Å². The summed E-state index contributed by atoms with van der Waals surface area (Å²) in [6.45, 7) is 7.72. The molecule has 3 aromatic rings. The molecule has 0 saturated carbocycles. The topological polar surface area (TPSA) is 52.3 Å². The predicted octanol–water partition coefficient (Wildman–Crippen LogP) is 4.35. The molecule has 156 valence electrons. The van der Waals surface area contributed by atoms with Crippen LogP contribution < -0.4 is 4.90 Å². The lowest BCUT2D eigenvalue weighted by atomic mass is 10.1. The number of para-hydroxylation sites is 1. The molecule has 4 rings (SSSR count). The molecule has 5 nitrogen and oxygen atoms in total. The van der Waals surface area contributed by atoms with Crippen molar-refractivity contribution in [3.63, 3.8) is 0 Å². The summed E-state index contributed by atoms with van der Waals surface area (Å²) in [6.07, 6.45) is 3.07. The van der Waals surface area contributed by atoms with Crippen molar-refractivity contribution >= 4 is 34.8 Å². The first-order chi connectivity index (χ1) is 14.2. The molecule has 1 aromatic heterocycles. The van der Waals surface area contributed by atoms with Crippen molar-refractivity contribution < 1.29 is 4.79 Å². The third kappa shape index (κ3) is 4.67. The van der Waals surface area contributed by atoms with E-state index in [0.29, 0.717) is 5.56 Å². The van der Waals surface area contributed by atoms with Gasteiger partial charge in [-0.3, -0.25) is 9.69 Å².